The lowest BCUT2D eigenvalue weighted by atomic mass is 10.3. The Morgan fingerprint density at radius 1 is 1.58 bits per heavy atom. The van der Waals surface area contributed by atoms with Crippen molar-refractivity contribution in [1.82, 2.24) is 0 Å². The Hall–Kier alpha value is -0.588. The quantitative estimate of drug-likeness (QED) is 0.198. The van der Waals surface area contributed by atoms with E-state index in [1.54, 1.807) is 6.92 Å². The van der Waals surface area contributed by atoms with E-state index < -0.39 is 5.97 Å². The molecule has 0 aromatic rings. The van der Waals surface area contributed by atoms with Gasteiger partial charge in [-0.15, -0.1) is 0 Å². The van der Waals surface area contributed by atoms with Crippen LogP contribution in [-0.4, -0.2) is 36.2 Å². The van der Waals surface area contributed by atoms with Crippen molar-refractivity contribution in [2.75, 3.05) is 6.61 Å². The van der Waals surface area contributed by atoms with E-state index in [9.17, 15) is 9.59 Å². The van der Waals surface area contributed by atoms with Crippen LogP contribution in [0.25, 0.3) is 0 Å². The summed E-state index contributed by atoms with van der Waals surface area (Å²) in [5.41, 5.74) is 0.385. The molecule has 0 radical (unpaired) electrons. The number of esters is 1. The zero-order valence-electron chi connectivity index (χ0n) is 6.63. The monoisotopic (exact) mass is 186 g/mol. The Kier molecular flexibility index (Phi) is 9.90. The Bertz CT molecular complexity index is 166. The normalized spacial score (nSPS) is 8.08. The first-order valence-corrected chi connectivity index (χ1v) is 3.44. The summed E-state index contributed by atoms with van der Waals surface area (Å²) in [7, 11) is 0. The minimum Gasteiger partial charge on any atom is -0.462 e. The summed E-state index contributed by atoms with van der Waals surface area (Å²) in [6.45, 7) is 5.29. The highest BCUT2D eigenvalue weighted by molar-refractivity contribution is 5.86. The van der Waals surface area contributed by atoms with Crippen molar-refractivity contribution in [2.45, 2.75) is 19.8 Å². The number of carbonyl (C=O) groups is 2. The number of unbranched alkanes of at least 4 members (excludes halogenated alkanes) is 1. The second kappa shape index (κ2) is 8.51. The lowest BCUT2D eigenvalue weighted by molar-refractivity contribution is -0.139. The summed E-state index contributed by atoms with van der Waals surface area (Å²) >= 11 is 0. The first-order chi connectivity index (χ1) is 5.18. The van der Waals surface area contributed by atoms with Crippen molar-refractivity contribution in [3.63, 3.8) is 0 Å². The van der Waals surface area contributed by atoms with Crippen molar-refractivity contribution in [3.05, 3.63) is 12.2 Å². The summed E-state index contributed by atoms with van der Waals surface area (Å²) in [6, 6.07) is 0. The standard InChI is InChI=1S/C8H12O3.Al.3H/c1-7(2)8(10)11-6-4-3-5-9;;;;/h5H,1,3-4,6H2,2H3;;;;. The second-order valence-corrected chi connectivity index (χ2v) is 2.23. The van der Waals surface area contributed by atoms with Crippen LogP contribution in [0.2, 0.25) is 0 Å². The molecule has 0 saturated heterocycles. The number of ether oxygens (including phenoxy) is 1. The van der Waals surface area contributed by atoms with Gasteiger partial charge in [-0.25, -0.2) is 4.79 Å². The van der Waals surface area contributed by atoms with Crippen LogP contribution < -0.4 is 0 Å². The maximum atomic E-state index is 10.7. The molecular formula is C8H15AlO3. The van der Waals surface area contributed by atoms with Gasteiger partial charge in [0, 0.05) is 12.0 Å². The summed E-state index contributed by atoms with van der Waals surface area (Å²) in [6.07, 6.45) is 1.82. The number of carbonyl (C=O) groups excluding carboxylic acids is 2. The molecule has 0 bridgehead atoms. The van der Waals surface area contributed by atoms with Gasteiger partial charge in [-0.2, -0.15) is 0 Å². The average Bonchev–Trinajstić information content (AvgIpc) is 1.97. The number of rotatable bonds is 5. The second-order valence-electron chi connectivity index (χ2n) is 2.23. The Morgan fingerprint density at radius 2 is 2.17 bits per heavy atom. The van der Waals surface area contributed by atoms with Crippen LogP contribution in [0.3, 0.4) is 0 Å². The fourth-order valence-electron chi connectivity index (χ4n) is 0.455. The van der Waals surface area contributed by atoms with Crippen LogP contribution in [0, 0.1) is 0 Å². The Morgan fingerprint density at radius 3 is 2.58 bits per heavy atom. The minimum atomic E-state index is -0.393. The van der Waals surface area contributed by atoms with E-state index >= 15 is 0 Å². The lowest BCUT2D eigenvalue weighted by Crippen LogP contribution is -2.06. The SMILES string of the molecule is C=C(C)C(=O)OCCCC=O.[AlH3]. The zero-order valence-corrected chi connectivity index (χ0v) is 6.63. The maximum Gasteiger partial charge on any atom is 0.333 e. The highest BCUT2D eigenvalue weighted by atomic mass is 27.0. The smallest absolute Gasteiger partial charge is 0.333 e. The van der Waals surface area contributed by atoms with Crippen LogP contribution in [0.1, 0.15) is 19.8 Å². The van der Waals surface area contributed by atoms with Crippen LogP contribution in [0.4, 0.5) is 0 Å². The van der Waals surface area contributed by atoms with Crippen LogP contribution in [0.15, 0.2) is 12.2 Å². The van der Waals surface area contributed by atoms with E-state index in [1.807, 2.05) is 0 Å². The highest BCUT2D eigenvalue weighted by Crippen LogP contribution is 1.94. The molecule has 0 aliphatic heterocycles. The van der Waals surface area contributed by atoms with Crippen molar-refractivity contribution >= 4 is 29.6 Å². The molecule has 0 aromatic carbocycles. The fourth-order valence-corrected chi connectivity index (χ4v) is 0.455. The minimum absolute atomic E-state index is 0. The summed E-state index contributed by atoms with van der Waals surface area (Å²) in [5.74, 6) is -0.393. The van der Waals surface area contributed by atoms with Crippen molar-refractivity contribution in [3.8, 4) is 0 Å². The third-order valence-electron chi connectivity index (χ3n) is 1.05. The average molecular weight is 186 g/mol. The largest absolute Gasteiger partial charge is 0.462 e. The predicted octanol–water partition coefficient (Wildman–Crippen LogP) is -0.0991. The molecule has 0 rings (SSSR count). The zero-order chi connectivity index (χ0) is 8.69. The van der Waals surface area contributed by atoms with Gasteiger partial charge in [0.05, 0.1) is 6.61 Å². The summed E-state index contributed by atoms with van der Waals surface area (Å²) in [4.78, 5) is 20.5. The van der Waals surface area contributed by atoms with Crippen molar-refractivity contribution < 1.29 is 14.3 Å². The van der Waals surface area contributed by atoms with Crippen molar-refractivity contribution in [2.24, 2.45) is 0 Å². The summed E-state index contributed by atoms with van der Waals surface area (Å²) in [5, 5.41) is 0. The van der Waals surface area contributed by atoms with Crippen LogP contribution >= 0.6 is 0 Å². The first kappa shape index (κ1) is 14.0. The Labute approximate surface area is 82.9 Å². The van der Waals surface area contributed by atoms with E-state index in [-0.39, 0.29) is 17.4 Å². The molecule has 68 valence electrons. The molecule has 0 aliphatic rings. The van der Waals surface area contributed by atoms with Gasteiger partial charge >= 0.3 is 5.97 Å². The van der Waals surface area contributed by atoms with Gasteiger partial charge in [-0.05, 0) is 13.3 Å². The molecule has 0 heterocycles. The molecular weight excluding hydrogens is 171 g/mol. The van der Waals surface area contributed by atoms with E-state index in [0.29, 0.717) is 25.0 Å². The van der Waals surface area contributed by atoms with E-state index in [2.05, 4.69) is 6.58 Å². The molecule has 12 heavy (non-hydrogen) atoms. The molecule has 0 atom stereocenters. The molecule has 0 aromatic heterocycles. The lowest BCUT2D eigenvalue weighted by Gasteiger charge is -2.00. The third-order valence-corrected chi connectivity index (χ3v) is 1.05. The number of hydrogen-bond acceptors (Lipinski definition) is 3. The topological polar surface area (TPSA) is 43.4 Å². The van der Waals surface area contributed by atoms with Gasteiger partial charge in [-0.1, -0.05) is 6.58 Å². The molecule has 0 spiro atoms. The predicted molar refractivity (Wildman–Crippen MR) is 51.0 cm³/mol. The van der Waals surface area contributed by atoms with Crippen LogP contribution in [-0.2, 0) is 14.3 Å². The molecule has 0 fully saturated rings. The van der Waals surface area contributed by atoms with E-state index in [4.69, 9.17) is 4.74 Å². The van der Waals surface area contributed by atoms with Gasteiger partial charge < -0.3 is 9.53 Å². The first-order valence-electron chi connectivity index (χ1n) is 3.44. The van der Waals surface area contributed by atoms with Crippen LogP contribution in [0.5, 0.6) is 0 Å². The van der Waals surface area contributed by atoms with Gasteiger partial charge in [0.15, 0.2) is 17.4 Å². The molecule has 0 amide bonds. The van der Waals surface area contributed by atoms with E-state index in [0.717, 1.165) is 6.29 Å². The van der Waals surface area contributed by atoms with Gasteiger partial charge in [0.1, 0.15) is 6.29 Å². The third kappa shape index (κ3) is 7.52. The van der Waals surface area contributed by atoms with Gasteiger partial charge in [0.25, 0.3) is 0 Å². The molecule has 0 saturated carbocycles. The molecule has 0 unspecified atom stereocenters. The van der Waals surface area contributed by atoms with Gasteiger partial charge in [0.2, 0.25) is 0 Å². The Balaban J connectivity index is 0. The molecule has 0 aliphatic carbocycles. The van der Waals surface area contributed by atoms with E-state index in [1.165, 1.54) is 0 Å². The molecule has 0 N–H and O–H groups in total. The fraction of sp³-hybridized carbons (Fsp3) is 0.500. The highest BCUT2D eigenvalue weighted by Gasteiger charge is 2.00. The van der Waals surface area contributed by atoms with Gasteiger partial charge in [-0.3, -0.25) is 0 Å². The number of hydrogen-bond donors (Lipinski definition) is 0. The number of aldehydes is 1. The maximum absolute atomic E-state index is 10.7. The molecule has 3 nitrogen and oxygen atoms in total. The molecule has 4 heteroatoms. The summed E-state index contributed by atoms with van der Waals surface area (Å²) < 4.78 is 4.71. The van der Waals surface area contributed by atoms with Crippen molar-refractivity contribution in [1.29, 1.82) is 0 Å².